The van der Waals surface area contributed by atoms with Gasteiger partial charge >= 0.3 is 0 Å². The predicted octanol–water partition coefficient (Wildman–Crippen LogP) is 3.70. The van der Waals surface area contributed by atoms with Crippen LogP contribution < -0.4 is 9.47 Å². The van der Waals surface area contributed by atoms with Gasteiger partial charge in [0.25, 0.3) is 0 Å². The van der Waals surface area contributed by atoms with Crippen molar-refractivity contribution in [2.45, 2.75) is 44.5 Å². The van der Waals surface area contributed by atoms with E-state index in [0.29, 0.717) is 45.6 Å². The average molecular weight is 487 g/mol. The largest absolute Gasteiger partial charge is 0.490 e. The topological polar surface area (TPSA) is 76.2 Å². The molecule has 1 amide bonds. The monoisotopic (exact) mass is 486 g/mol. The van der Waals surface area contributed by atoms with E-state index in [-0.39, 0.29) is 23.7 Å². The molecule has 2 aliphatic rings. The number of sulfonamides is 1. The zero-order valence-electron chi connectivity index (χ0n) is 19.8. The highest BCUT2D eigenvalue weighted by molar-refractivity contribution is 7.88. The molecule has 2 aliphatic heterocycles. The summed E-state index contributed by atoms with van der Waals surface area (Å²) in [4.78, 5) is 15.0. The Bertz CT molecular complexity index is 1040. The van der Waals surface area contributed by atoms with Gasteiger partial charge in [-0.05, 0) is 37.5 Å². The van der Waals surface area contributed by atoms with Crippen LogP contribution in [0.25, 0.3) is 0 Å². The Hall–Kier alpha value is -2.58. The summed E-state index contributed by atoms with van der Waals surface area (Å²) < 4.78 is 38.9. The van der Waals surface area contributed by atoms with Crippen molar-refractivity contribution >= 4 is 15.9 Å². The van der Waals surface area contributed by atoms with Crippen molar-refractivity contribution < 1.29 is 22.7 Å². The highest BCUT2D eigenvalue weighted by Gasteiger charge is 2.34. The molecule has 0 aliphatic carbocycles. The van der Waals surface area contributed by atoms with Crippen LogP contribution in [0, 0.1) is 5.92 Å². The summed E-state index contributed by atoms with van der Waals surface area (Å²) in [5, 5.41) is 0. The van der Waals surface area contributed by atoms with Gasteiger partial charge in [-0.15, -0.1) is 0 Å². The normalized spacial score (nSPS) is 18.6. The molecule has 8 heteroatoms. The zero-order chi connectivity index (χ0) is 24.0. The van der Waals surface area contributed by atoms with Gasteiger partial charge in [-0.2, -0.15) is 0 Å². The third-order valence-corrected chi connectivity index (χ3v) is 8.43. The van der Waals surface area contributed by atoms with Crippen LogP contribution in [-0.2, 0) is 20.6 Å². The van der Waals surface area contributed by atoms with Gasteiger partial charge in [0.2, 0.25) is 15.9 Å². The van der Waals surface area contributed by atoms with Crippen molar-refractivity contribution in [2.75, 3.05) is 32.8 Å². The number of nitrogens with zero attached hydrogens (tertiary/aromatic N) is 2. The molecule has 0 radical (unpaired) electrons. The number of amides is 1. The minimum Gasteiger partial charge on any atom is -0.490 e. The Morgan fingerprint density at radius 2 is 1.50 bits per heavy atom. The number of carbonyl (C=O) groups excluding carboxylic acids is 1. The molecule has 184 valence electrons. The lowest BCUT2D eigenvalue weighted by Gasteiger charge is -2.37. The molecular weight excluding hydrogens is 452 g/mol. The highest BCUT2D eigenvalue weighted by Crippen LogP contribution is 2.30. The van der Waals surface area contributed by atoms with E-state index in [1.165, 1.54) is 0 Å². The lowest BCUT2D eigenvalue weighted by molar-refractivity contribution is -0.138. The first-order valence-electron chi connectivity index (χ1n) is 12.2. The number of ether oxygens (including phenoxy) is 2. The van der Waals surface area contributed by atoms with Crippen molar-refractivity contribution in [1.82, 2.24) is 9.21 Å². The third kappa shape index (κ3) is 6.10. The predicted molar refractivity (Wildman–Crippen MR) is 131 cm³/mol. The molecule has 0 atom stereocenters. The molecular formula is C26H34N2O5S. The lowest BCUT2D eigenvalue weighted by atomic mass is 9.95. The maximum absolute atomic E-state index is 13.1. The standard InChI is InChI=1S/C26H34N2O5S/c1-2-32-24-10-6-7-11-25(24)33-23-14-16-27(17-15-23)26(29)22-12-18-28(19-13-22)34(30,31)20-21-8-4-3-5-9-21/h3-11,22-23H,2,12-20H2,1H3. The molecule has 0 spiro atoms. The Morgan fingerprint density at radius 3 is 2.15 bits per heavy atom. The van der Waals surface area contributed by atoms with E-state index >= 15 is 0 Å². The Kier molecular flexibility index (Phi) is 8.11. The van der Waals surface area contributed by atoms with Crippen molar-refractivity contribution in [3.05, 3.63) is 60.2 Å². The molecule has 0 N–H and O–H groups in total. The van der Waals surface area contributed by atoms with Gasteiger partial charge in [0.05, 0.1) is 12.4 Å². The molecule has 2 aromatic rings. The molecule has 7 nitrogen and oxygen atoms in total. The molecule has 4 rings (SSSR count). The first kappa shape index (κ1) is 24.5. The van der Waals surface area contributed by atoms with E-state index in [9.17, 15) is 13.2 Å². The number of rotatable bonds is 8. The molecule has 2 aromatic carbocycles. The van der Waals surface area contributed by atoms with Crippen LogP contribution in [0.5, 0.6) is 11.5 Å². The second-order valence-electron chi connectivity index (χ2n) is 8.94. The highest BCUT2D eigenvalue weighted by atomic mass is 32.2. The van der Waals surface area contributed by atoms with Gasteiger partial charge in [-0.3, -0.25) is 4.79 Å². The van der Waals surface area contributed by atoms with Crippen LogP contribution in [0.3, 0.4) is 0 Å². The fourth-order valence-corrected chi connectivity index (χ4v) is 6.27. The van der Waals surface area contributed by atoms with Gasteiger partial charge in [0, 0.05) is 44.9 Å². The quantitative estimate of drug-likeness (QED) is 0.569. The Morgan fingerprint density at radius 1 is 0.882 bits per heavy atom. The Balaban J connectivity index is 1.24. The van der Waals surface area contributed by atoms with Crippen LogP contribution in [0.15, 0.2) is 54.6 Å². The van der Waals surface area contributed by atoms with Crippen LogP contribution in [0.1, 0.15) is 38.2 Å². The number of para-hydroxylation sites is 2. The zero-order valence-corrected chi connectivity index (χ0v) is 20.6. The number of likely N-dealkylation sites (tertiary alicyclic amines) is 1. The molecule has 0 unspecified atom stereocenters. The molecule has 0 saturated carbocycles. The number of hydrogen-bond acceptors (Lipinski definition) is 5. The first-order valence-corrected chi connectivity index (χ1v) is 13.8. The maximum Gasteiger partial charge on any atom is 0.225 e. The molecule has 0 bridgehead atoms. The summed E-state index contributed by atoms with van der Waals surface area (Å²) in [6.45, 7) is 4.65. The molecule has 2 heterocycles. The van der Waals surface area contributed by atoms with Crippen LogP contribution >= 0.6 is 0 Å². The molecule has 0 aromatic heterocycles. The van der Waals surface area contributed by atoms with E-state index < -0.39 is 10.0 Å². The average Bonchev–Trinajstić information content (AvgIpc) is 2.86. The van der Waals surface area contributed by atoms with Gasteiger partial charge in [0.1, 0.15) is 6.10 Å². The summed E-state index contributed by atoms with van der Waals surface area (Å²) in [6.07, 6.45) is 2.75. The van der Waals surface area contributed by atoms with Crippen molar-refractivity contribution in [3.63, 3.8) is 0 Å². The van der Waals surface area contributed by atoms with Crippen molar-refractivity contribution in [3.8, 4) is 11.5 Å². The Labute approximate surface area is 202 Å². The minimum absolute atomic E-state index is 0.00634. The van der Waals surface area contributed by atoms with Crippen LogP contribution in [0.4, 0.5) is 0 Å². The summed E-state index contributed by atoms with van der Waals surface area (Å²) in [7, 11) is -3.37. The van der Waals surface area contributed by atoms with Crippen LogP contribution in [0.2, 0.25) is 0 Å². The fourth-order valence-electron chi connectivity index (χ4n) is 4.71. The molecule has 34 heavy (non-hydrogen) atoms. The maximum atomic E-state index is 13.1. The van der Waals surface area contributed by atoms with E-state index in [1.54, 1.807) is 4.31 Å². The first-order chi connectivity index (χ1) is 16.5. The van der Waals surface area contributed by atoms with E-state index in [1.807, 2.05) is 66.4 Å². The minimum atomic E-state index is -3.37. The summed E-state index contributed by atoms with van der Waals surface area (Å²) in [6, 6.07) is 16.9. The second kappa shape index (κ2) is 11.2. The lowest BCUT2D eigenvalue weighted by Crippen LogP contribution is -2.47. The number of benzene rings is 2. The van der Waals surface area contributed by atoms with E-state index in [4.69, 9.17) is 9.47 Å². The van der Waals surface area contributed by atoms with Gasteiger partial charge in [0.15, 0.2) is 11.5 Å². The van der Waals surface area contributed by atoms with Crippen molar-refractivity contribution in [2.24, 2.45) is 5.92 Å². The third-order valence-electron chi connectivity index (χ3n) is 6.58. The summed E-state index contributed by atoms with van der Waals surface area (Å²) in [5.74, 6) is 1.54. The van der Waals surface area contributed by atoms with Crippen molar-refractivity contribution in [1.29, 1.82) is 0 Å². The molecule has 2 fully saturated rings. The van der Waals surface area contributed by atoms with Gasteiger partial charge in [-0.25, -0.2) is 12.7 Å². The second-order valence-corrected chi connectivity index (χ2v) is 10.9. The van der Waals surface area contributed by atoms with E-state index in [0.717, 1.165) is 29.9 Å². The van der Waals surface area contributed by atoms with Gasteiger partial charge < -0.3 is 14.4 Å². The van der Waals surface area contributed by atoms with Gasteiger partial charge in [-0.1, -0.05) is 42.5 Å². The summed E-state index contributed by atoms with van der Waals surface area (Å²) >= 11 is 0. The number of piperidine rings is 2. The SMILES string of the molecule is CCOc1ccccc1OC1CCN(C(=O)C2CCN(S(=O)(=O)Cc3ccccc3)CC2)CC1. The fraction of sp³-hybridized carbons (Fsp3) is 0.500. The number of carbonyl (C=O) groups is 1. The van der Waals surface area contributed by atoms with E-state index in [2.05, 4.69) is 0 Å². The van der Waals surface area contributed by atoms with Crippen LogP contribution in [-0.4, -0.2) is 62.4 Å². The number of hydrogen-bond donors (Lipinski definition) is 0. The summed E-state index contributed by atoms with van der Waals surface area (Å²) in [5.41, 5.74) is 0.787. The molecule has 2 saturated heterocycles. The smallest absolute Gasteiger partial charge is 0.225 e.